The van der Waals surface area contributed by atoms with Crippen LogP contribution in [0.5, 0.6) is 17.2 Å². The lowest BCUT2D eigenvalue weighted by molar-refractivity contribution is 0.324. The fourth-order valence-corrected chi connectivity index (χ4v) is 5.14. The Bertz CT molecular complexity index is 1290. The predicted molar refractivity (Wildman–Crippen MR) is 140 cm³/mol. The van der Waals surface area contributed by atoms with Gasteiger partial charge in [0.15, 0.2) is 22.5 Å². The summed E-state index contributed by atoms with van der Waals surface area (Å²) < 4.78 is 19.5. The molecule has 6 nitrogen and oxygen atoms in total. The topological polar surface area (TPSA) is 58.4 Å². The number of methoxy groups -OCH3 is 3. The molecule has 0 spiro atoms. The van der Waals surface area contributed by atoms with Crippen LogP contribution < -0.4 is 14.2 Å². The van der Waals surface area contributed by atoms with E-state index in [0.29, 0.717) is 44.0 Å². The first-order chi connectivity index (χ1) is 16.4. The van der Waals surface area contributed by atoms with Crippen LogP contribution in [0, 0.1) is 0 Å². The van der Waals surface area contributed by atoms with Crippen LogP contribution in [0.4, 0.5) is 0 Å². The largest absolute Gasteiger partial charge is 0.493 e. The molecule has 34 heavy (non-hydrogen) atoms. The monoisotopic (exact) mass is 579 g/mol. The first-order valence-corrected chi connectivity index (χ1v) is 12.6. The average Bonchev–Trinajstić information content (AvgIpc) is 3.26. The Morgan fingerprint density at radius 3 is 2.15 bits per heavy atom. The molecule has 0 aliphatic heterocycles. The van der Waals surface area contributed by atoms with Crippen LogP contribution >= 0.6 is 50.9 Å². The fourth-order valence-electron chi connectivity index (χ4n) is 3.36. The van der Waals surface area contributed by atoms with Crippen LogP contribution in [0.2, 0.25) is 10.0 Å². The third-order valence-corrected chi connectivity index (χ3v) is 7.11. The molecule has 0 N–H and O–H groups in total. The maximum absolute atomic E-state index is 6.38. The molecule has 0 amide bonds. The van der Waals surface area contributed by atoms with Gasteiger partial charge in [0.05, 0.1) is 21.3 Å². The van der Waals surface area contributed by atoms with Crippen molar-refractivity contribution in [3.8, 4) is 34.3 Å². The quantitative estimate of drug-likeness (QED) is 0.203. The van der Waals surface area contributed by atoms with Gasteiger partial charge in [-0.3, -0.25) is 4.57 Å². The van der Waals surface area contributed by atoms with Gasteiger partial charge in [0.25, 0.3) is 0 Å². The number of rotatable bonds is 8. The Morgan fingerprint density at radius 1 is 0.882 bits per heavy atom. The zero-order chi connectivity index (χ0) is 24.2. The Kier molecular flexibility index (Phi) is 7.93. The molecule has 0 bridgehead atoms. The normalized spacial score (nSPS) is 10.9. The molecule has 176 valence electrons. The second-order valence-electron chi connectivity index (χ2n) is 7.06. The Morgan fingerprint density at radius 2 is 1.56 bits per heavy atom. The summed E-state index contributed by atoms with van der Waals surface area (Å²) in [6.45, 7) is 0. The van der Waals surface area contributed by atoms with Crippen LogP contribution in [-0.4, -0.2) is 36.1 Å². The maximum Gasteiger partial charge on any atom is 0.203 e. The number of hydrogen-bond donors (Lipinski definition) is 0. The second kappa shape index (κ2) is 10.9. The van der Waals surface area contributed by atoms with Gasteiger partial charge in [-0.25, -0.2) is 0 Å². The third kappa shape index (κ3) is 5.15. The number of halogens is 3. The molecule has 3 aromatic carbocycles. The van der Waals surface area contributed by atoms with Crippen LogP contribution in [0.1, 0.15) is 5.56 Å². The summed E-state index contributed by atoms with van der Waals surface area (Å²) in [6, 6.07) is 17.1. The van der Waals surface area contributed by atoms with E-state index in [1.54, 1.807) is 27.4 Å². The van der Waals surface area contributed by atoms with Gasteiger partial charge in [0.2, 0.25) is 5.75 Å². The summed E-state index contributed by atoms with van der Waals surface area (Å²) >= 11 is 17.5. The highest BCUT2D eigenvalue weighted by Crippen LogP contribution is 2.42. The van der Waals surface area contributed by atoms with Crippen LogP contribution in [0.25, 0.3) is 17.1 Å². The van der Waals surface area contributed by atoms with Crippen molar-refractivity contribution in [1.82, 2.24) is 14.8 Å². The van der Waals surface area contributed by atoms with E-state index < -0.39 is 0 Å². The summed E-state index contributed by atoms with van der Waals surface area (Å²) in [6.07, 6.45) is 0. The van der Waals surface area contributed by atoms with Gasteiger partial charge in [-0.15, -0.1) is 10.2 Å². The average molecular weight is 581 g/mol. The number of aromatic nitrogens is 3. The highest BCUT2D eigenvalue weighted by molar-refractivity contribution is 9.10. The van der Waals surface area contributed by atoms with Gasteiger partial charge in [-0.05, 0) is 54.1 Å². The molecule has 0 fully saturated rings. The van der Waals surface area contributed by atoms with Crippen molar-refractivity contribution >= 4 is 50.9 Å². The molecule has 0 unspecified atom stereocenters. The zero-order valence-corrected chi connectivity index (χ0v) is 22.4. The maximum atomic E-state index is 6.38. The molecule has 1 heterocycles. The number of nitrogens with zero attached hydrogens (tertiary/aromatic N) is 3. The van der Waals surface area contributed by atoms with E-state index >= 15 is 0 Å². The first-order valence-electron chi connectivity index (χ1n) is 10.0. The number of ether oxygens (including phenoxy) is 3. The van der Waals surface area contributed by atoms with Crippen molar-refractivity contribution < 1.29 is 14.2 Å². The summed E-state index contributed by atoms with van der Waals surface area (Å²) in [5.41, 5.74) is 2.62. The predicted octanol–water partition coefficient (Wildman–Crippen LogP) is 7.32. The molecular formula is C24H20BrCl2N3O3S. The van der Waals surface area contributed by atoms with E-state index in [9.17, 15) is 0 Å². The van der Waals surface area contributed by atoms with E-state index in [4.69, 9.17) is 37.4 Å². The standard InChI is InChI=1S/C24H20BrCl2N3O3S/c1-31-20-10-15(11-21(32-2)22(20)33-3)23-28-29-24(30(23)18-8-5-16(25)6-9-18)34-13-14-4-7-17(26)12-19(14)27/h4-12H,13H2,1-3H3. The Balaban J connectivity index is 1.81. The van der Waals surface area contributed by atoms with E-state index in [2.05, 4.69) is 26.1 Å². The van der Waals surface area contributed by atoms with Gasteiger partial charge in [0.1, 0.15) is 0 Å². The van der Waals surface area contributed by atoms with Crippen molar-refractivity contribution in [2.75, 3.05) is 21.3 Å². The summed E-state index contributed by atoms with van der Waals surface area (Å²) in [5.74, 6) is 2.80. The molecule has 4 aromatic rings. The SMILES string of the molecule is COc1cc(-c2nnc(SCc3ccc(Cl)cc3Cl)n2-c2ccc(Br)cc2)cc(OC)c1OC. The number of hydrogen-bond acceptors (Lipinski definition) is 6. The zero-order valence-electron chi connectivity index (χ0n) is 18.5. The van der Waals surface area contributed by atoms with Gasteiger partial charge >= 0.3 is 0 Å². The molecule has 0 aliphatic carbocycles. The Hall–Kier alpha value is -2.39. The molecule has 1 aromatic heterocycles. The van der Waals surface area contributed by atoms with Crippen LogP contribution in [0.15, 0.2) is 64.2 Å². The van der Waals surface area contributed by atoms with Crippen molar-refractivity contribution in [3.05, 3.63) is 74.7 Å². The van der Waals surface area contributed by atoms with Gasteiger partial charge in [0, 0.05) is 31.5 Å². The van der Waals surface area contributed by atoms with Crippen molar-refractivity contribution in [1.29, 1.82) is 0 Å². The van der Waals surface area contributed by atoms with E-state index in [0.717, 1.165) is 21.3 Å². The second-order valence-corrected chi connectivity index (χ2v) is 9.76. The highest BCUT2D eigenvalue weighted by atomic mass is 79.9. The van der Waals surface area contributed by atoms with Gasteiger partial charge in [-0.1, -0.05) is 57.0 Å². The van der Waals surface area contributed by atoms with Crippen molar-refractivity contribution in [2.24, 2.45) is 0 Å². The smallest absolute Gasteiger partial charge is 0.203 e. The molecular weight excluding hydrogens is 561 g/mol. The molecule has 0 atom stereocenters. The van der Waals surface area contributed by atoms with E-state index in [1.807, 2.05) is 53.1 Å². The molecule has 0 aliphatic rings. The number of thioether (sulfide) groups is 1. The minimum absolute atomic E-state index is 0.510. The molecule has 0 saturated carbocycles. The first kappa shape index (κ1) is 24.7. The van der Waals surface area contributed by atoms with Crippen molar-refractivity contribution in [2.45, 2.75) is 10.9 Å². The van der Waals surface area contributed by atoms with E-state index in [-0.39, 0.29) is 0 Å². The molecule has 10 heteroatoms. The minimum atomic E-state index is 0.510. The fraction of sp³-hybridized carbons (Fsp3) is 0.167. The highest BCUT2D eigenvalue weighted by Gasteiger charge is 2.21. The molecule has 0 radical (unpaired) electrons. The Labute approximate surface area is 220 Å². The van der Waals surface area contributed by atoms with Crippen LogP contribution in [-0.2, 0) is 5.75 Å². The van der Waals surface area contributed by atoms with Crippen LogP contribution in [0.3, 0.4) is 0 Å². The van der Waals surface area contributed by atoms with Gasteiger partial charge in [-0.2, -0.15) is 0 Å². The lowest BCUT2D eigenvalue weighted by Gasteiger charge is -2.15. The lowest BCUT2D eigenvalue weighted by Crippen LogP contribution is -2.01. The van der Waals surface area contributed by atoms with Gasteiger partial charge < -0.3 is 14.2 Å². The third-order valence-electron chi connectivity index (χ3n) is 5.01. The summed E-state index contributed by atoms with van der Waals surface area (Å²) in [5, 5.41) is 10.9. The molecule has 4 rings (SSSR count). The lowest BCUT2D eigenvalue weighted by atomic mass is 10.1. The minimum Gasteiger partial charge on any atom is -0.493 e. The van der Waals surface area contributed by atoms with Crippen molar-refractivity contribution in [3.63, 3.8) is 0 Å². The summed E-state index contributed by atoms with van der Waals surface area (Å²) in [4.78, 5) is 0. The summed E-state index contributed by atoms with van der Waals surface area (Å²) in [7, 11) is 4.73. The van der Waals surface area contributed by atoms with E-state index in [1.165, 1.54) is 11.8 Å². The molecule has 0 saturated heterocycles. The number of benzene rings is 3.